The van der Waals surface area contributed by atoms with Gasteiger partial charge in [-0.05, 0) is 36.5 Å². The van der Waals surface area contributed by atoms with Crippen LogP contribution in [0.15, 0.2) is 22.7 Å². The Morgan fingerprint density at radius 3 is 2.88 bits per heavy atom. The third-order valence-corrected chi connectivity index (χ3v) is 4.75. The van der Waals surface area contributed by atoms with Crippen molar-refractivity contribution in [1.82, 2.24) is 10.2 Å². The van der Waals surface area contributed by atoms with E-state index in [1.807, 2.05) is 0 Å². The van der Waals surface area contributed by atoms with Crippen LogP contribution in [0.4, 0.5) is 0 Å². The van der Waals surface area contributed by atoms with Crippen molar-refractivity contribution < 1.29 is 0 Å². The van der Waals surface area contributed by atoms with Crippen LogP contribution in [0.1, 0.15) is 30.0 Å². The zero-order chi connectivity index (χ0) is 11.7. The molecule has 1 fully saturated rings. The molecule has 0 aromatic heterocycles. The van der Waals surface area contributed by atoms with E-state index in [9.17, 15) is 0 Å². The maximum atomic E-state index is 3.70. The van der Waals surface area contributed by atoms with Gasteiger partial charge in [0.2, 0.25) is 0 Å². The molecule has 2 aliphatic rings. The summed E-state index contributed by atoms with van der Waals surface area (Å²) in [4.78, 5) is 2.65. The van der Waals surface area contributed by atoms with E-state index in [0.717, 1.165) is 13.1 Å². The molecule has 1 N–H and O–H groups in total. The highest BCUT2D eigenvalue weighted by Gasteiger charge is 2.27. The molecule has 1 unspecified atom stereocenters. The monoisotopic (exact) mass is 294 g/mol. The summed E-state index contributed by atoms with van der Waals surface area (Å²) in [6, 6.07) is 7.34. The van der Waals surface area contributed by atoms with Crippen LogP contribution in [0.2, 0.25) is 0 Å². The van der Waals surface area contributed by atoms with Crippen LogP contribution in [0.5, 0.6) is 0 Å². The molecule has 0 saturated carbocycles. The summed E-state index contributed by atoms with van der Waals surface area (Å²) in [5, 5.41) is 3.44. The van der Waals surface area contributed by atoms with E-state index >= 15 is 0 Å². The fourth-order valence-electron chi connectivity index (χ4n) is 3.15. The molecular weight excluding hydrogens is 276 g/mol. The number of benzene rings is 1. The van der Waals surface area contributed by atoms with Crippen molar-refractivity contribution in [2.75, 3.05) is 26.2 Å². The van der Waals surface area contributed by atoms with Crippen LogP contribution < -0.4 is 5.32 Å². The molecule has 1 aromatic carbocycles. The lowest BCUT2D eigenvalue weighted by Gasteiger charge is -2.38. The van der Waals surface area contributed by atoms with E-state index in [0.29, 0.717) is 6.04 Å². The number of fused-ring (bicyclic) bond motifs is 1. The Morgan fingerprint density at radius 1 is 1.24 bits per heavy atom. The maximum Gasteiger partial charge on any atom is 0.0352 e. The largest absolute Gasteiger partial charge is 0.314 e. The van der Waals surface area contributed by atoms with Gasteiger partial charge in [0.15, 0.2) is 0 Å². The average molecular weight is 295 g/mol. The number of piperazine rings is 1. The van der Waals surface area contributed by atoms with Gasteiger partial charge in [0, 0.05) is 36.7 Å². The summed E-state index contributed by atoms with van der Waals surface area (Å²) < 4.78 is 1.30. The molecule has 1 saturated heterocycles. The molecule has 17 heavy (non-hydrogen) atoms. The maximum absolute atomic E-state index is 3.70. The fraction of sp³-hybridized carbons (Fsp3) is 0.571. The van der Waals surface area contributed by atoms with E-state index in [4.69, 9.17) is 0 Å². The molecule has 1 aromatic rings. The highest BCUT2D eigenvalue weighted by molar-refractivity contribution is 9.10. The first-order valence-electron chi connectivity index (χ1n) is 6.58. The van der Waals surface area contributed by atoms with Crippen molar-refractivity contribution in [2.45, 2.75) is 25.3 Å². The molecule has 0 radical (unpaired) electrons. The minimum absolute atomic E-state index is 0.651. The Labute approximate surface area is 112 Å². The molecule has 0 spiro atoms. The van der Waals surface area contributed by atoms with Gasteiger partial charge < -0.3 is 5.32 Å². The van der Waals surface area contributed by atoms with Crippen molar-refractivity contribution >= 4 is 15.9 Å². The van der Waals surface area contributed by atoms with E-state index in [1.165, 1.54) is 36.8 Å². The van der Waals surface area contributed by atoms with E-state index < -0.39 is 0 Å². The van der Waals surface area contributed by atoms with Gasteiger partial charge in [0.25, 0.3) is 0 Å². The normalized spacial score (nSPS) is 25.6. The summed E-state index contributed by atoms with van der Waals surface area (Å²) in [6.07, 6.45) is 3.88. The molecule has 2 nitrogen and oxygen atoms in total. The second-order valence-corrected chi connectivity index (χ2v) is 5.86. The minimum atomic E-state index is 0.651. The Kier molecular flexibility index (Phi) is 3.50. The van der Waals surface area contributed by atoms with Gasteiger partial charge in [-0.2, -0.15) is 0 Å². The highest BCUT2D eigenvalue weighted by atomic mass is 79.9. The average Bonchev–Trinajstić information content (AvgIpc) is 2.40. The predicted octanol–water partition coefficient (Wildman–Crippen LogP) is 2.73. The number of hydrogen-bond acceptors (Lipinski definition) is 2. The third-order valence-electron chi connectivity index (χ3n) is 4.01. The Morgan fingerprint density at radius 2 is 2.06 bits per heavy atom. The second-order valence-electron chi connectivity index (χ2n) is 5.00. The molecule has 0 amide bonds. The molecule has 1 aliphatic heterocycles. The minimum Gasteiger partial charge on any atom is -0.314 e. The molecule has 92 valence electrons. The second kappa shape index (κ2) is 5.09. The van der Waals surface area contributed by atoms with Gasteiger partial charge in [-0.15, -0.1) is 0 Å². The number of halogens is 1. The summed E-state index contributed by atoms with van der Waals surface area (Å²) in [7, 11) is 0. The SMILES string of the molecule is Brc1cccc2c1CCCC2N1CCNCC1. The molecule has 3 heteroatoms. The van der Waals surface area contributed by atoms with Crippen LogP contribution in [-0.4, -0.2) is 31.1 Å². The zero-order valence-corrected chi connectivity index (χ0v) is 11.7. The summed E-state index contributed by atoms with van der Waals surface area (Å²) in [5.41, 5.74) is 3.11. The number of nitrogens with one attached hydrogen (secondary N) is 1. The van der Waals surface area contributed by atoms with Crippen LogP contribution >= 0.6 is 15.9 Å². The highest BCUT2D eigenvalue weighted by Crippen LogP contribution is 2.37. The first-order chi connectivity index (χ1) is 8.36. The summed E-state index contributed by atoms with van der Waals surface area (Å²) in [6.45, 7) is 4.66. The van der Waals surface area contributed by atoms with E-state index in [1.54, 1.807) is 11.1 Å². The predicted molar refractivity (Wildman–Crippen MR) is 74.3 cm³/mol. The Balaban J connectivity index is 1.90. The van der Waals surface area contributed by atoms with Crippen molar-refractivity contribution in [3.63, 3.8) is 0 Å². The Hall–Kier alpha value is -0.380. The lowest BCUT2D eigenvalue weighted by molar-refractivity contribution is 0.158. The number of rotatable bonds is 1. The van der Waals surface area contributed by atoms with E-state index in [2.05, 4.69) is 44.3 Å². The van der Waals surface area contributed by atoms with Crippen LogP contribution in [0.25, 0.3) is 0 Å². The number of nitrogens with zero attached hydrogens (tertiary/aromatic N) is 1. The van der Waals surface area contributed by atoms with E-state index in [-0.39, 0.29) is 0 Å². The topological polar surface area (TPSA) is 15.3 Å². The van der Waals surface area contributed by atoms with Gasteiger partial charge in [-0.3, -0.25) is 4.90 Å². The number of hydrogen-bond donors (Lipinski definition) is 1. The van der Waals surface area contributed by atoms with Gasteiger partial charge in [0.1, 0.15) is 0 Å². The summed E-state index contributed by atoms with van der Waals surface area (Å²) >= 11 is 3.70. The third kappa shape index (κ3) is 2.28. The van der Waals surface area contributed by atoms with Crippen molar-refractivity contribution in [3.8, 4) is 0 Å². The standard InChI is InChI=1S/C14H19BrN2/c15-13-5-1-4-12-11(13)3-2-6-14(12)17-9-7-16-8-10-17/h1,4-5,14,16H,2-3,6-10H2. The smallest absolute Gasteiger partial charge is 0.0352 e. The van der Waals surface area contributed by atoms with Crippen LogP contribution in [0, 0.1) is 0 Å². The molecule has 3 rings (SSSR count). The molecule has 1 atom stereocenters. The van der Waals surface area contributed by atoms with Crippen molar-refractivity contribution in [2.24, 2.45) is 0 Å². The van der Waals surface area contributed by atoms with Crippen molar-refractivity contribution in [1.29, 1.82) is 0 Å². The fourth-order valence-corrected chi connectivity index (χ4v) is 3.73. The van der Waals surface area contributed by atoms with Gasteiger partial charge in [-0.25, -0.2) is 0 Å². The van der Waals surface area contributed by atoms with Gasteiger partial charge in [0.05, 0.1) is 0 Å². The molecular formula is C14H19BrN2. The van der Waals surface area contributed by atoms with Gasteiger partial charge >= 0.3 is 0 Å². The quantitative estimate of drug-likeness (QED) is 0.857. The first-order valence-corrected chi connectivity index (χ1v) is 7.37. The van der Waals surface area contributed by atoms with Gasteiger partial charge in [-0.1, -0.05) is 28.1 Å². The lowest BCUT2D eigenvalue weighted by Crippen LogP contribution is -2.45. The van der Waals surface area contributed by atoms with Crippen LogP contribution in [-0.2, 0) is 6.42 Å². The molecule has 0 bridgehead atoms. The Bertz CT molecular complexity index is 399. The molecule has 1 heterocycles. The van der Waals surface area contributed by atoms with Crippen LogP contribution in [0.3, 0.4) is 0 Å². The first kappa shape index (κ1) is 11.7. The lowest BCUT2D eigenvalue weighted by atomic mass is 9.86. The summed E-state index contributed by atoms with van der Waals surface area (Å²) in [5.74, 6) is 0. The van der Waals surface area contributed by atoms with Crippen molar-refractivity contribution in [3.05, 3.63) is 33.8 Å². The zero-order valence-electron chi connectivity index (χ0n) is 10.1. The molecule has 1 aliphatic carbocycles.